The normalized spacial score (nSPS) is 12.5. The molecular formula is C21H21N7. The van der Waals surface area contributed by atoms with Crippen LogP contribution in [0.25, 0.3) is 21.8 Å². The minimum atomic E-state index is -0.00150. The Kier molecular flexibility index (Phi) is 4.63. The van der Waals surface area contributed by atoms with E-state index in [1.165, 1.54) is 0 Å². The van der Waals surface area contributed by atoms with Gasteiger partial charge in [-0.25, -0.2) is 10.9 Å². The van der Waals surface area contributed by atoms with E-state index in [-0.39, 0.29) is 5.96 Å². The first-order chi connectivity index (χ1) is 13.6. The molecule has 0 bridgehead atoms. The molecule has 0 radical (unpaired) electrons. The Morgan fingerprint density at radius 2 is 1.18 bits per heavy atom. The van der Waals surface area contributed by atoms with Crippen molar-refractivity contribution in [3.05, 3.63) is 72.1 Å². The molecule has 0 unspecified atom stereocenters. The van der Waals surface area contributed by atoms with Crippen LogP contribution in [-0.2, 0) is 0 Å². The fraction of sp³-hybridized carbons (Fsp3) is 0.0952. The molecule has 0 spiro atoms. The molecule has 0 saturated heterocycles. The zero-order chi connectivity index (χ0) is 19.5. The van der Waals surface area contributed by atoms with E-state index in [9.17, 15) is 0 Å². The van der Waals surface area contributed by atoms with E-state index in [0.29, 0.717) is 0 Å². The first-order valence-corrected chi connectivity index (χ1v) is 8.95. The molecule has 140 valence electrons. The van der Waals surface area contributed by atoms with Gasteiger partial charge >= 0.3 is 0 Å². The number of rotatable bonds is 4. The van der Waals surface area contributed by atoms with Crippen LogP contribution in [0, 0.1) is 5.41 Å². The molecule has 28 heavy (non-hydrogen) atoms. The zero-order valence-corrected chi connectivity index (χ0v) is 15.7. The monoisotopic (exact) mass is 371 g/mol. The smallest absolute Gasteiger partial charge is 0.230 e. The molecule has 2 heterocycles. The summed E-state index contributed by atoms with van der Waals surface area (Å²) in [5.41, 5.74) is 11.1. The van der Waals surface area contributed by atoms with Crippen molar-refractivity contribution in [3.63, 3.8) is 0 Å². The molecule has 4 aromatic rings. The second-order valence-corrected chi connectivity index (χ2v) is 6.49. The fourth-order valence-corrected chi connectivity index (χ4v) is 3.17. The van der Waals surface area contributed by atoms with E-state index in [4.69, 9.17) is 5.41 Å². The van der Waals surface area contributed by atoms with Crippen LogP contribution in [0.15, 0.2) is 71.1 Å². The molecular weight excluding hydrogens is 350 g/mol. The topological polar surface area (TPSA) is 104 Å². The highest BCUT2D eigenvalue weighted by molar-refractivity contribution is 6.10. The number of aromatic amines is 2. The third kappa shape index (κ3) is 3.37. The number of hydrazone groups is 2. The first-order valence-electron chi connectivity index (χ1n) is 8.95. The van der Waals surface area contributed by atoms with Crippen molar-refractivity contribution >= 4 is 39.2 Å². The van der Waals surface area contributed by atoms with Crippen LogP contribution in [0.5, 0.6) is 0 Å². The maximum absolute atomic E-state index is 8.00. The largest absolute Gasteiger partial charge is 0.360 e. The number of nitrogens with zero attached hydrogens (tertiary/aromatic N) is 2. The maximum atomic E-state index is 8.00. The Balaban J connectivity index is 1.44. The van der Waals surface area contributed by atoms with E-state index in [0.717, 1.165) is 44.4 Å². The predicted molar refractivity (Wildman–Crippen MR) is 115 cm³/mol. The Bertz CT molecular complexity index is 1120. The molecule has 4 rings (SSSR count). The van der Waals surface area contributed by atoms with Gasteiger partial charge in [0.2, 0.25) is 5.96 Å². The number of aromatic nitrogens is 2. The van der Waals surface area contributed by atoms with Crippen LogP contribution in [0.2, 0.25) is 0 Å². The lowest BCUT2D eigenvalue weighted by Gasteiger charge is -2.05. The number of fused-ring (bicyclic) bond motifs is 2. The van der Waals surface area contributed by atoms with Crippen LogP contribution < -0.4 is 10.9 Å². The minimum absolute atomic E-state index is 0.00150. The molecule has 5 N–H and O–H groups in total. The van der Waals surface area contributed by atoms with Crippen molar-refractivity contribution in [2.75, 3.05) is 0 Å². The minimum Gasteiger partial charge on any atom is -0.360 e. The van der Waals surface area contributed by atoms with E-state index in [1.807, 2.05) is 74.8 Å². The number of hydrogen-bond acceptors (Lipinski definition) is 3. The number of para-hydroxylation sites is 2. The number of hydrogen-bond donors (Lipinski definition) is 5. The van der Waals surface area contributed by atoms with Gasteiger partial charge in [0.1, 0.15) is 0 Å². The van der Waals surface area contributed by atoms with Gasteiger partial charge in [0, 0.05) is 45.3 Å². The van der Waals surface area contributed by atoms with Crippen molar-refractivity contribution in [2.24, 2.45) is 10.2 Å². The summed E-state index contributed by atoms with van der Waals surface area (Å²) in [6.07, 6.45) is 3.84. The third-order valence-corrected chi connectivity index (χ3v) is 4.63. The lowest BCUT2D eigenvalue weighted by Crippen LogP contribution is -2.30. The molecule has 0 saturated carbocycles. The van der Waals surface area contributed by atoms with Crippen LogP contribution in [0.4, 0.5) is 0 Å². The van der Waals surface area contributed by atoms with E-state index in [2.05, 4.69) is 31.0 Å². The van der Waals surface area contributed by atoms with Crippen LogP contribution in [0.3, 0.4) is 0 Å². The second kappa shape index (κ2) is 7.40. The van der Waals surface area contributed by atoms with Gasteiger partial charge < -0.3 is 9.97 Å². The summed E-state index contributed by atoms with van der Waals surface area (Å²) < 4.78 is 0. The first kappa shape index (κ1) is 17.5. The van der Waals surface area contributed by atoms with Gasteiger partial charge in [-0.2, -0.15) is 10.2 Å². The molecule has 7 nitrogen and oxygen atoms in total. The number of benzene rings is 2. The summed E-state index contributed by atoms with van der Waals surface area (Å²) in [6.45, 7) is 3.80. The van der Waals surface area contributed by atoms with Crippen LogP contribution in [-0.4, -0.2) is 27.4 Å². The van der Waals surface area contributed by atoms with E-state index < -0.39 is 0 Å². The molecule has 0 aliphatic rings. The van der Waals surface area contributed by atoms with Crippen LogP contribution in [0.1, 0.15) is 25.0 Å². The van der Waals surface area contributed by atoms with Gasteiger partial charge in [0.25, 0.3) is 0 Å². The molecule has 0 atom stereocenters. The summed E-state index contributed by atoms with van der Waals surface area (Å²) in [7, 11) is 0. The number of nitrogens with one attached hydrogen (secondary N) is 5. The molecule has 2 aromatic heterocycles. The Morgan fingerprint density at radius 1 is 0.750 bits per heavy atom. The van der Waals surface area contributed by atoms with Crippen molar-refractivity contribution in [1.29, 1.82) is 5.41 Å². The van der Waals surface area contributed by atoms with Gasteiger partial charge in [-0.3, -0.25) is 5.41 Å². The number of guanidine groups is 1. The van der Waals surface area contributed by atoms with Crippen molar-refractivity contribution < 1.29 is 0 Å². The van der Waals surface area contributed by atoms with Gasteiger partial charge in [-0.15, -0.1) is 0 Å². The highest BCUT2D eigenvalue weighted by Gasteiger charge is 2.07. The van der Waals surface area contributed by atoms with Crippen molar-refractivity contribution in [2.45, 2.75) is 13.8 Å². The summed E-state index contributed by atoms with van der Waals surface area (Å²) in [6, 6.07) is 16.1. The quantitative estimate of drug-likeness (QED) is 0.213. The summed E-state index contributed by atoms with van der Waals surface area (Å²) in [5.74, 6) is -0.00150. The average molecular weight is 371 g/mol. The molecule has 0 amide bonds. The highest BCUT2D eigenvalue weighted by atomic mass is 15.5. The lowest BCUT2D eigenvalue weighted by atomic mass is 10.1. The predicted octanol–water partition coefficient (Wildman–Crippen LogP) is 3.91. The van der Waals surface area contributed by atoms with Gasteiger partial charge in [-0.05, 0) is 26.0 Å². The van der Waals surface area contributed by atoms with Gasteiger partial charge in [-0.1, -0.05) is 36.4 Å². The molecule has 0 aliphatic carbocycles. The van der Waals surface area contributed by atoms with Crippen molar-refractivity contribution in [1.82, 2.24) is 20.8 Å². The Labute approximate surface area is 162 Å². The van der Waals surface area contributed by atoms with Crippen LogP contribution >= 0.6 is 0 Å². The second-order valence-electron chi connectivity index (χ2n) is 6.49. The van der Waals surface area contributed by atoms with Gasteiger partial charge in [0.05, 0.1) is 11.4 Å². The Morgan fingerprint density at radius 3 is 1.64 bits per heavy atom. The summed E-state index contributed by atoms with van der Waals surface area (Å²) in [4.78, 5) is 6.45. The molecule has 2 aromatic carbocycles. The summed E-state index contributed by atoms with van der Waals surface area (Å²) >= 11 is 0. The van der Waals surface area contributed by atoms with E-state index in [1.54, 1.807) is 0 Å². The van der Waals surface area contributed by atoms with E-state index >= 15 is 0 Å². The molecule has 7 heteroatoms. The fourth-order valence-electron chi connectivity index (χ4n) is 3.17. The highest BCUT2D eigenvalue weighted by Crippen LogP contribution is 2.19. The zero-order valence-electron chi connectivity index (χ0n) is 15.7. The lowest BCUT2D eigenvalue weighted by molar-refractivity contribution is 0.885. The maximum Gasteiger partial charge on any atom is 0.230 e. The summed E-state index contributed by atoms with van der Waals surface area (Å²) in [5, 5.41) is 18.8. The van der Waals surface area contributed by atoms with Gasteiger partial charge in [0.15, 0.2) is 0 Å². The Hall–Kier alpha value is -3.87. The SMILES string of the molecule is C/C(=N\NC(=N)N/N=C(\C)c1c[nH]c2ccccc12)c1c[nH]c2ccccc12. The molecule has 0 fully saturated rings. The molecule has 0 aliphatic heterocycles. The standard InChI is InChI=1S/C21H21N7/c1-13(17-11-23-19-9-5-3-7-15(17)19)25-27-21(22)28-26-14(2)18-12-24-20-10-6-4-8-16(18)20/h3-12,23-24H,1-2H3,(H3,22,27,28)/b25-13+,26-14+. The van der Waals surface area contributed by atoms with Crippen molar-refractivity contribution in [3.8, 4) is 0 Å². The number of H-pyrrole nitrogens is 2. The third-order valence-electron chi connectivity index (χ3n) is 4.63. The average Bonchev–Trinajstić information content (AvgIpc) is 3.34.